The number of hydrogen-bond acceptors (Lipinski definition) is 7. The van der Waals surface area contributed by atoms with E-state index in [1.54, 1.807) is 6.92 Å². The number of aromatic nitrogens is 2. The summed E-state index contributed by atoms with van der Waals surface area (Å²) in [7, 11) is -2.56. The maximum absolute atomic E-state index is 12.1. The Labute approximate surface area is 134 Å². The third-order valence-corrected chi connectivity index (χ3v) is 4.38. The van der Waals surface area contributed by atoms with Crippen LogP contribution in [0.5, 0.6) is 0 Å². The summed E-state index contributed by atoms with van der Waals surface area (Å²) in [6.07, 6.45) is 3.26. The first-order valence-corrected chi connectivity index (χ1v) is 8.67. The molecule has 1 aromatic heterocycles. The van der Waals surface area contributed by atoms with Crippen LogP contribution in [-0.4, -0.2) is 50.8 Å². The van der Waals surface area contributed by atoms with Crippen molar-refractivity contribution in [2.75, 3.05) is 20.3 Å². The third-order valence-electron chi connectivity index (χ3n) is 2.95. The van der Waals surface area contributed by atoms with Gasteiger partial charge in [0.05, 0.1) is 19.9 Å². The first-order valence-electron chi connectivity index (χ1n) is 7.19. The van der Waals surface area contributed by atoms with E-state index in [1.807, 2.05) is 0 Å². The summed E-state index contributed by atoms with van der Waals surface area (Å²) in [5, 5.41) is 5.56. The van der Waals surface area contributed by atoms with Crippen LogP contribution in [0.4, 0.5) is 0 Å². The molecule has 2 N–H and O–H groups in total. The van der Waals surface area contributed by atoms with E-state index in [0.717, 1.165) is 6.20 Å². The highest BCUT2D eigenvalue weighted by Crippen LogP contribution is 2.13. The Hall–Kier alpha value is -1.94. The fourth-order valence-electron chi connectivity index (χ4n) is 1.79. The number of methoxy groups -OCH3 is 1. The maximum Gasteiger partial charge on any atom is 0.342 e. The second kappa shape index (κ2) is 9.26. The smallest absolute Gasteiger partial charge is 0.342 e. The van der Waals surface area contributed by atoms with Gasteiger partial charge in [0.25, 0.3) is 10.0 Å². The van der Waals surface area contributed by atoms with Crippen LogP contribution in [0.15, 0.2) is 11.2 Å². The van der Waals surface area contributed by atoms with Crippen molar-refractivity contribution in [1.29, 1.82) is 0 Å². The monoisotopic (exact) mass is 347 g/mol. The van der Waals surface area contributed by atoms with Gasteiger partial charge in [0, 0.05) is 13.0 Å². The van der Waals surface area contributed by atoms with Crippen molar-refractivity contribution in [2.24, 2.45) is 0 Å². The largest absolute Gasteiger partial charge is 0.469 e. The van der Waals surface area contributed by atoms with Gasteiger partial charge >= 0.3 is 11.9 Å². The fourth-order valence-corrected chi connectivity index (χ4v) is 2.94. The van der Waals surface area contributed by atoms with E-state index >= 15 is 0 Å². The van der Waals surface area contributed by atoms with Crippen molar-refractivity contribution in [2.45, 2.75) is 37.6 Å². The molecule has 0 aliphatic heterocycles. The van der Waals surface area contributed by atoms with Gasteiger partial charge in [-0.1, -0.05) is 6.42 Å². The lowest BCUT2D eigenvalue weighted by Crippen LogP contribution is -2.27. The molecule has 0 saturated carbocycles. The van der Waals surface area contributed by atoms with Crippen LogP contribution in [0, 0.1) is 0 Å². The number of esters is 2. The highest BCUT2D eigenvalue weighted by atomic mass is 32.2. The van der Waals surface area contributed by atoms with Crippen molar-refractivity contribution in [3.63, 3.8) is 0 Å². The van der Waals surface area contributed by atoms with Gasteiger partial charge in [-0.05, 0) is 19.8 Å². The number of rotatable bonds is 10. The summed E-state index contributed by atoms with van der Waals surface area (Å²) in [5.74, 6) is -1.04. The minimum absolute atomic E-state index is 0.134. The molecular weight excluding hydrogens is 326 g/mol. The van der Waals surface area contributed by atoms with Crippen LogP contribution < -0.4 is 4.72 Å². The zero-order valence-electron chi connectivity index (χ0n) is 13.1. The molecule has 0 radical (unpaired) electrons. The number of carbonyl (C=O) groups is 2. The Morgan fingerprint density at radius 2 is 2.04 bits per heavy atom. The van der Waals surface area contributed by atoms with E-state index in [9.17, 15) is 18.0 Å². The van der Waals surface area contributed by atoms with E-state index in [1.165, 1.54) is 7.11 Å². The van der Waals surface area contributed by atoms with Crippen LogP contribution in [0.3, 0.4) is 0 Å². The van der Waals surface area contributed by atoms with Gasteiger partial charge in [0.2, 0.25) is 0 Å². The molecule has 0 aliphatic rings. The Kier molecular flexibility index (Phi) is 7.69. The Morgan fingerprint density at radius 1 is 1.30 bits per heavy atom. The summed E-state index contributed by atoms with van der Waals surface area (Å²) >= 11 is 0. The molecule has 0 unspecified atom stereocenters. The molecule has 10 heteroatoms. The molecular formula is C13H21N3O6S. The number of sulfonamides is 1. The van der Waals surface area contributed by atoms with Crippen molar-refractivity contribution in [1.82, 2.24) is 14.9 Å². The Balaban J connectivity index is 2.49. The quantitative estimate of drug-likeness (QED) is 0.468. The molecule has 1 rings (SSSR count). The van der Waals surface area contributed by atoms with E-state index in [0.29, 0.717) is 25.7 Å². The topological polar surface area (TPSA) is 127 Å². The lowest BCUT2D eigenvalue weighted by atomic mass is 10.2. The Morgan fingerprint density at radius 3 is 2.70 bits per heavy atom. The van der Waals surface area contributed by atoms with Gasteiger partial charge in [-0.15, -0.1) is 0 Å². The number of aromatic amines is 1. The number of ether oxygens (including phenoxy) is 2. The van der Waals surface area contributed by atoms with Crippen LogP contribution >= 0.6 is 0 Å². The van der Waals surface area contributed by atoms with Crippen molar-refractivity contribution in [3.8, 4) is 0 Å². The number of carbonyl (C=O) groups excluding carboxylic acids is 2. The molecule has 0 bridgehead atoms. The fraction of sp³-hybridized carbons (Fsp3) is 0.615. The number of unbranched alkanes of at least 4 members (excludes halogenated alkanes) is 2. The maximum atomic E-state index is 12.1. The molecule has 0 aromatic carbocycles. The Bertz CT molecular complexity index is 625. The molecule has 0 amide bonds. The van der Waals surface area contributed by atoms with E-state index in [2.05, 4.69) is 19.7 Å². The highest BCUT2D eigenvalue weighted by molar-refractivity contribution is 7.89. The molecule has 0 fully saturated rings. The molecule has 1 aromatic rings. The lowest BCUT2D eigenvalue weighted by Gasteiger charge is -2.07. The van der Waals surface area contributed by atoms with Crippen LogP contribution in [0.2, 0.25) is 0 Å². The summed E-state index contributed by atoms with van der Waals surface area (Å²) in [6.45, 7) is 1.95. The van der Waals surface area contributed by atoms with Crippen LogP contribution in [-0.2, 0) is 24.3 Å². The number of nitrogens with zero attached hydrogens (tertiary/aromatic N) is 1. The zero-order chi connectivity index (χ0) is 17.3. The standard InChI is InChI=1S/C13H21N3O6S/c1-3-22-13(18)10-9-14-16-12(10)23(19,20)15-8-6-4-5-7-11(17)21-2/h9,15H,3-8H2,1-2H3,(H,14,16). The van der Waals surface area contributed by atoms with Crippen molar-refractivity contribution in [3.05, 3.63) is 11.8 Å². The lowest BCUT2D eigenvalue weighted by molar-refractivity contribution is -0.140. The molecule has 130 valence electrons. The van der Waals surface area contributed by atoms with Gasteiger partial charge in [-0.25, -0.2) is 17.9 Å². The predicted molar refractivity (Wildman–Crippen MR) is 80.2 cm³/mol. The molecule has 1 heterocycles. The van der Waals surface area contributed by atoms with E-state index in [-0.39, 0.29) is 29.7 Å². The van der Waals surface area contributed by atoms with Crippen LogP contribution in [0.25, 0.3) is 0 Å². The van der Waals surface area contributed by atoms with Gasteiger partial charge in [-0.2, -0.15) is 5.10 Å². The normalized spacial score (nSPS) is 11.2. The minimum atomic E-state index is -3.88. The molecule has 9 nitrogen and oxygen atoms in total. The average Bonchev–Trinajstić information content (AvgIpc) is 3.01. The average molecular weight is 347 g/mol. The molecule has 23 heavy (non-hydrogen) atoms. The third kappa shape index (κ3) is 5.99. The molecule has 0 atom stereocenters. The van der Waals surface area contributed by atoms with Crippen LogP contribution in [0.1, 0.15) is 43.0 Å². The van der Waals surface area contributed by atoms with Crippen molar-refractivity contribution >= 4 is 22.0 Å². The molecule has 0 aliphatic carbocycles. The second-order valence-electron chi connectivity index (χ2n) is 4.62. The summed E-state index contributed by atoms with van der Waals surface area (Å²) in [5.41, 5.74) is -0.134. The molecule has 0 saturated heterocycles. The number of H-pyrrole nitrogens is 1. The van der Waals surface area contributed by atoms with Gasteiger partial charge < -0.3 is 9.47 Å². The predicted octanol–water partition coefficient (Wildman–Crippen LogP) is 0.598. The van der Waals surface area contributed by atoms with Gasteiger partial charge in [-0.3, -0.25) is 9.89 Å². The van der Waals surface area contributed by atoms with E-state index in [4.69, 9.17) is 4.74 Å². The highest BCUT2D eigenvalue weighted by Gasteiger charge is 2.25. The minimum Gasteiger partial charge on any atom is -0.469 e. The zero-order valence-corrected chi connectivity index (χ0v) is 13.9. The summed E-state index contributed by atoms with van der Waals surface area (Å²) in [4.78, 5) is 22.6. The SMILES string of the molecule is CCOC(=O)c1cn[nH]c1S(=O)(=O)NCCCCCC(=O)OC. The number of hydrogen-bond donors (Lipinski definition) is 2. The molecule has 0 spiro atoms. The first kappa shape index (κ1) is 19.1. The van der Waals surface area contributed by atoms with E-state index < -0.39 is 16.0 Å². The summed E-state index contributed by atoms with van der Waals surface area (Å²) < 4.78 is 36.0. The summed E-state index contributed by atoms with van der Waals surface area (Å²) in [6, 6.07) is 0. The number of nitrogens with one attached hydrogen (secondary N) is 2. The first-order chi connectivity index (χ1) is 10.9. The second-order valence-corrected chi connectivity index (χ2v) is 6.32. The van der Waals surface area contributed by atoms with Gasteiger partial charge in [0.15, 0.2) is 5.03 Å². The van der Waals surface area contributed by atoms with Gasteiger partial charge in [0.1, 0.15) is 5.56 Å². The van der Waals surface area contributed by atoms with Crippen molar-refractivity contribution < 1.29 is 27.5 Å².